The number of nitrogens with one attached hydrogen (secondary N) is 1. The van der Waals surface area contributed by atoms with E-state index in [9.17, 15) is 9.59 Å². The Morgan fingerprint density at radius 3 is 3.00 bits per heavy atom. The number of piperazine rings is 1. The van der Waals surface area contributed by atoms with Gasteiger partial charge in [0.1, 0.15) is 6.04 Å². The summed E-state index contributed by atoms with van der Waals surface area (Å²) in [6, 6.07) is -0.156. The minimum absolute atomic E-state index is 0.00139. The van der Waals surface area contributed by atoms with Crippen molar-refractivity contribution >= 4 is 11.7 Å². The lowest BCUT2D eigenvalue weighted by atomic mass is 10.2. The summed E-state index contributed by atoms with van der Waals surface area (Å²) in [5.74, 6) is 0.0729. The molecule has 2 aliphatic rings. The van der Waals surface area contributed by atoms with Gasteiger partial charge in [0.2, 0.25) is 5.91 Å². The van der Waals surface area contributed by atoms with Crippen LogP contribution < -0.4 is 5.32 Å². The number of ketones is 1. The molecule has 1 N–H and O–H groups in total. The fourth-order valence-electron chi connectivity index (χ4n) is 1.66. The summed E-state index contributed by atoms with van der Waals surface area (Å²) in [5, 5.41) is 3.09. The van der Waals surface area contributed by atoms with Gasteiger partial charge in [-0.1, -0.05) is 0 Å². The lowest BCUT2D eigenvalue weighted by molar-refractivity contribution is -0.129. The van der Waals surface area contributed by atoms with Gasteiger partial charge in [-0.2, -0.15) is 0 Å². The Morgan fingerprint density at radius 1 is 1.45 bits per heavy atom. The number of hydrogen-bond donors (Lipinski definition) is 1. The molecular weight excluding hydrogens is 144 g/mol. The van der Waals surface area contributed by atoms with Gasteiger partial charge in [0.05, 0.1) is 6.42 Å². The quantitative estimate of drug-likeness (QED) is 0.444. The molecule has 2 aliphatic heterocycles. The molecule has 1 atom stereocenters. The molecule has 2 heterocycles. The fourth-order valence-corrected chi connectivity index (χ4v) is 1.66. The van der Waals surface area contributed by atoms with Crippen LogP contribution in [0.25, 0.3) is 0 Å². The minimum atomic E-state index is -0.156. The molecular formula is C7H10N2O2. The monoisotopic (exact) mass is 154 g/mol. The topological polar surface area (TPSA) is 49.4 Å². The highest BCUT2D eigenvalue weighted by Gasteiger charge is 2.39. The number of nitrogens with zero attached hydrogens (tertiary/aromatic N) is 1. The molecule has 0 aliphatic carbocycles. The summed E-state index contributed by atoms with van der Waals surface area (Å²) in [6.45, 7) is 2.15. The Labute approximate surface area is 64.5 Å². The van der Waals surface area contributed by atoms with Gasteiger partial charge in [0.25, 0.3) is 0 Å². The summed E-state index contributed by atoms with van der Waals surface area (Å²) < 4.78 is 0. The number of carbonyl (C=O) groups is 2. The highest BCUT2D eigenvalue weighted by atomic mass is 16.2. The molecule has 60 valence electrons. The van der Waals surface area contributed by atoms with E-state index in [1.807, 2.05) is 0 Å². The molecule has 0 radical (unpaired) electrons. The molecule has 0 aromatic rings. The van der Waals surface area contributed by atoms with Crippen molar-refractivity contribution in [3.8, 4) is 0 Å². The van der Waals surface area contributed by atoms with Crippen molar-refractivity contribution in [3.63, 3.8) is 0 Å². The normalized spacial score (nSPS) is 30.9. The molecule has 0 saturated carbocycles. The van der Waals surface area contributed by atoms with Gasteiger partial charge in [-0.15, -0.1) is 0 Å². The molecule has 2 fully saturated rings. The summed E-state index contributed by atoms with van der Waals surface area (Å²) in [6.07, 6.45) is 0.117. The Kier molecular flexibility index (Phi) is 1.42. The zero-order valence-electron chi connectivity index (χ0n) is 6.17. The maximum atomic E-state index is 11.1. The summed E-state index contributed by atoms with van der Waals surface area (Å²) >= 11 is 0. The van der Waals surface area contributed by atoms with Crippen LogP contribution in [0.5, 0.6) is 0 Å². The predicted molar refractivity (Wildman–Crippen MR) is 38.0 cm³/mol. The Hall–Kier alpha value is -0.900. The second-order valence-electron chi connectivity index (χ2n) is 2.95. The van der Waals surface area contributed by atoms with Crippen LogP contribution in [-0.2, 0) is 9.59 Å². The van der Waals surface area contributed by atoms with E-state index in [0.29, 0.717) is 13.1 Å². The van der Waals surface area contributed by atoms with Gasteiger partial charge >= 0.3 is 0 Å². The third-order valence-electron chi connectivity index (χ3n) is 2.26. The first kappa shape index (κ1) is 6.79. The number of hydrogen-bond acceptors (Lipinski definition) is 3. The van der Waals surface area contributed by atoms with Crippen molar-refractivity contribution in [2.24, 2.45) is 0 Å². The maximum absolute atomic E-state index is 11.1. The van der Waals surface area contributed by atoms with E-state index in [1.54, 1.807) is 4.90 Å². The first-order valence-electron chi connectivity index (χ1n) is 3.82. The van der Waals surface area contributed by atoms with Crippen LogP contribution in [0.1, 0.15) is 6.42 Å². The molecule has 11 heavy (non-hydrogen) atoms. The minimum Gasteiger partial charge on any atom is -0.330 e. The molecule has 0 spiro atoms. The SMILES string of the molecule is O=C1CC(=O)N2CCNCC12. The highest BCUT2D eigenvalue weighted by Crippen LogP contribution is 2.15. The zero-order valence-corrected chi connectivity index (χ0v) is 6.17. The van der Waals surface area contributed by atoms with E-state index >= 15 is 0 Å². The lowest BCUT2D eigenvalue weighted by Gasteiger charge is -2.28. The third-order valence-corrected chi connectivity index (χ3v) is 2.26. The first-order chi connectivity index (χ1) is 5.29. The second kappa shape index (κ2) is 2.30. The molecule has 1 amide bonds. The predicted octanol–water partition coefficient (Wildman–Crippen LogP) is -1.24. The lowest BCUT2D eigenvalue weighted by Crippen LogP contribution is -2.51. The molecule has 4 heteroatoms. The fraction of sp³-hybridized carbons (Fsp3) is 0.714. The number of fused-ring (bicyclic) bond motifs is 1. The van der Waals surface area contributed by atoms with Crippen molar-refractivity contribution in [2.45, 2.75) is 12.5 Å². The maximum Gasteiger partial charge on any atom is 0.230 e. The molecule has 0 aromatic heterocycles. The first-order valence-corrected chi connectivity index (χ1v) is 3.82. The van der Waals surface area contributed by atoms with Gasteiger partial charge in [-0.05, 0) is 0 Å². The van der Waals surface area contributed by atoms with Gasteiger partial charge in [-0.3, -0.25) is 9.59 Å². The van der Waals surface area contributed by atoms with Crippen LogP contribution in [0.2, 0.25) is 0 Å². The van der Waals surface area contributed by atoms with E-state index in [1.165, 1.54) is 0 Å². The number of Topliss-reactive ketones (excluding diaryl/α,β-unsaturated/α-hetero) is 1. The molecule has 0 aromatic carbocycles. The van der Waals surface area contributed by atoms with Gasteiger partial charge in [0, 0.05) is 19.6 Å². The Bertz CT molecular complexity index is 192. The number of rotatable bonds is 0. The number of amides is 1. The van der Waals surface area contributed by atoms with Crippen molar-refractivity contribution in [1.29, 1.82) is 0 Å². The van der Waals surface area contributed by atoms with Crippen molar-refractivity contribution < 1.29 is 9.59 Å². The van der Waals surface area contributed by atoms with Gasteiger partial charge in [0.15, 0.2) is 5.78 Å². The van der Waals surface area contributed by atoms with Crippen LogP contribution in [0.4, 0.5) is 0 Å². The van der Waals surface area contributed by atoms with Gasteiger partial charge < -0.3 is 10.2 Å². The third kappa shape index (κ3) is 0.939. The van der Waals surface area contributed by atoms with E-state index in [2.05, 4.69) is 5.32 Å². The average Bonchev–Trinajstić information content (AvgIpc) is 2.30. The van der Waals surface area contributed by atoms with Crippen molar-refractivity contribution in [2.75, 3.05) is 19.6 Å². The number of carbonyl (C=O) groups excluding carboxylic acids is 2. The smallest absolute Gasteiger partial charge is 0.230 e. The standard InChI is InChI=1S/C7H10N2O2/c10-6-3-7(11)9-2-1-8-4-5(6)9/h5,8H,1-4H2. The van der Waals surface area contributed by atoms with Crippen LogP contribution in [0, 0.1) is 0 Å². The van der Waals surface area contributed by atoms with Crippen molar-refractivity contribution in [3.05, 3.63) is 0 Å². The zero-order chi connectivity index (χ0) is 7.84. The van der Waals surface area contributed by atoms with Crippen LogP contribution in [0.15, 0.2) is 0 Å². The van der Waals surface area contributed by atoms with Crippen LogP contribution in [0.3, 0.4) is 0 Å². The van der Waals surface area contributed by atoms with Crippen LogP contribution in [-0.4, -0.2) is 42.3 Å². The van der Waals surface area contributed by atoms with E-state index in [-0.39, 0.29) is 24.2 Å². The van der Waals surface area contributed by atoms with Crippen LogP contribution >= 0.6 is 0 Å². The molecule has 0 bridgehead atoms. The molecule has 4 nitrogen and oxygen atoms in total. The van der Waals surface area contributed by atoms with Gasteiger partial charge in [-0.25, -0.2) is 0 Å². The Morgan fingerprint density at radius 2 is 2.27 bits per heavy atom. The molecule has 1 unspecified atom stereocenters. The second-order valence-corrected chi connectivity index (χ2v) is 2.95. The summed E-state index contributed by atoms with van der Waals surface area (Å²) in [5.41, 5.74) is 0. The summed E-state index contributed by atoms with van der Waals surface area (Å²) in [7, 11) is 0. The van der Waals surface area contributed by atoms with E-state index in [4.69, 9.17) is 0 Å². The van der Waals surface area contributed by atoms with Crippen molar-refractivity contribution in [1.82, 2.24) is 10.2 Å². The Balaban J connectivity index is 2.19. The van der Waals surface area contributed by atoms with E-state index in [0.717, 1.165) is 6.54 Å². The molecule has 2 rings (SSSR count). The van der Waals surface area contributed by atoms with E-state index < -0.39 is 0 Å². The molecule has 2 saturated heterocycles. The summed E-state index contributed by atoms with van der Waals surface area (Å²) in [4.78, 5) is 23.9. The average molecular weight is 154 g/mol. The highest BCUT2D eigenvalue weighted by molar-refractivity contribution is 6.07. The largest absolute Gasteiger partial charge is 0.330 e.